The molecule has 7 nitrogen and oxygen atoms in total. The van der Waals surface area contributed by atoms with E-state index in [2.05, 4.69) is 10.4 Å². The average Bonchev–Trinajstić information content (AvgIpc) is 2.77. The lowest BCUT2D eigenvalue weighted by atomic mass is 10.2. The fourth-order valence-electron chi connectivity index (χ4n) is 2.32. The van der Waals surface area contributed by atoms with Crippen LogP contribution in [0.3, 0.4) is 0 Å². The maximum atomic E-state index is 13.5. The molecular formula is C15H17FN4O3. The van der Waals surface area contributed by atoms with Gasteiger partial charge in [-0.1, -0.05) is 6.07 Å². The van der Waals surface area contributed by atoms with Crippen molar-refractivity contribution >= 4 is 17.3 Å². The van der Waals surface area contributed by atoms with Gasteiger partial charge in [0.15, 0.2) is 0 Å². The van der Waals surface area contributed by atoms with E-state index in [4.69, 9.17) is 0 Å². The van der Waals surface area contributed by atoms with Crippen molar-refractivity contribution in [3.8, 4) is 0 Å². The van der Waals surface area contributed by atoms with Crippen LogP contribution in [0.2, 0.25) is 0 Å². The highest BCUT2D eigenvalue weighted by molar-refractivity contribution is 5.93. The second-order valence-electron chi connectivity index (χ2n) is 5.35. The van der Waals surface area contributed by atoms with Crippen LogP contribution in [0.4, 0.5) is 15.8 Å². The smallest absolute Gasteiger partial charge is 0.312 e. The zero-order valence-corrected chi connectivity index (χ0v) is 13.3. The number of nitrogens with zero attached hydrogens (tertiary/aromatic N) is 3. The normalized spacial score (nSPS) is 12.0. The van der Waals surface area contributed by atoms with E-state index in [1.54, 1.807) is 26.0 Å². The minimum Gasteiger partial charge on any atom is -0.324 e. The number of nitro groups is 1. The molecule has 0 saturated heterocycles. The van der Waals surface area contributed by atoms with E-state index in [0.29, 0.717) is 16.9 Å². The Hall–Kier alpha value is -2.77. The highest BCUT2D eigenvalue weighted by atomic mass is 19.1. The van der Waals surface area contributed by atoms with Gasteiger partial charge in [0.05, 0.1) is 4.92 Å². The van der Waals surface area contributed by atoms with Gasteiger partial charge in [-0.05, 0) is 45.4 Å². The number of hydrogen-bond donors (Lipinski definition) is 1. The van der Waals surface area contributed by atoms with Gasteiger partial charge in [-0.15, -0.1) is 0 Å². The number of nitrogens with one attached hydrogen (secondary N) is 1. The van der Waals surface area contributed by atoms with Crippen molar-refractivity contribution in [2.75, 3.05) is 5.32 Å². The van der Waals surface area contributed by atoms with Gasteiger partial charge in [0.2, 0.25) is 5.91 Å². The number of carbonyl (C=O) groups is 1. The summed E-state index contributed by atoms with van der Waals surface area (Å²) in [6, 6.07) is 3.60. The Morgan fingerprint density at radius 3 is 2.57 bits per heavy atom. The van der Waals surface area contributed by atoms with E-state index in [-0.39, 0.29) is 11.4 Å². The van der Waals surface area contributed by atoms with Crippen molar-refractivity contribution in [3.63, 3.8) is 0 Å². The molecular weight excluding hydrogens is 303 g/mol. The molecule has 1 atom stereocenters. The predicted octanol–water partition coefficient (Wildman–Crippen LogP) is 3.06. The van der Waals surface area contributed by atoms with Crippen molar-refractivity contribution in [1.82, 2.24) is 9.78 Å². The SMILES string of the molecule is Cc1ccc(NC(=O)C(C)n2nc(C)c([N+](=O)[O-])c2C)cc1F. The molecule has 0 spiro atoms. The van der Waals surface area contributed by atoms with E-state index in [1.807, 2.05) is 0 Å². The number of anilines is 1. The van der Waals surface area contributed by atoms with Crippen molar-refractivity contribution < 1.29 is 14.1 Å². The van der Waals surface area contributed by atoms with Crippen LogP contribution in [0.1, 0.15) is 29.9 Å². The van der Waals surface area contributed by atoms with Crippen LogP contribution in [0, 0.1) is 36.7 Å². The molecule has 0 bridgehead atoms. The largest absolute Gasteiger partial charge is 0.324 e. The number of halogens is 1. The zero-order valence-electron chi connectivity index (χ0n) is 13.3. The van der Waals surface area contributed by atoms with Crippen LogP contribution < -0.4 is 5.32 Å². The van der Waals surface area contributed by atoms with Gasteiger partial charge in [-0.25, -0.2) is 4.39 Å². The molecule has 23 heavy (non-hydrogen) atoms. The summed E-state index contributed by atoms with van der Waals surface area (Å²) < 4.78 is 14.8. The summed E-state index contributed by atoms with van der Waals surface area (Å²) >= 11 is 0. The number of benzene rings is 1. The van der Waals surface area contributed by atoms with Crippen LogP contribution >= 0.6 is 0 Å². The van der Waals surface area contributed by atoms with E-state index in [1.165, 1.54) is 24.6 Å². The first-order chi connectivity index (χ1) is 10.7. The fraction of sp³-hybridized carbons (Fsp3) is 0.333. The molecule has 2 aromatic rings. The minimum atomic E-state index is -0.772. The molecule has 1 amide bonds. The highest BCUT2D eigenvalue weighted by Gasteiger charge is 2.27. The highest BCUT2D eigenvalue weighted by Crippen LogP contribution is 2.25. The van der Waals surface area contributed by atoms with Gasteiger partial charge >= 0.3 is 5.69 Å². The summed E-state index contributed by atoms with van der Waals surface area (Å²) in [6.45, 7) is 6.25. The molecule has 1 unspecified atom stereocenters. The van der Waals surface area contributed by atoms with Crippen molar-refractivity contribution in [1.29, 1.82) is 0 Å². The summed E-state index contributed by atoms with van der Waals surface area (Å²) in [7, 11) is 0. The van der Waals surface area contributed by atoms with E-state index >= 15 is 0 Å². The van der Waals surface area contributed by atoms with Crippen molar-refractivity contribution in [2.45, 2.75) is 33.7 Å². The number of hydrogen-bond acceptors (Lipinski definition) is 4. The number of amides is 1. The third kappa shape index (κ3) is 3.20. The molecule has 2 rings (SSSR count). The second kappa shape index (κ2) is 6.15. The molecule has 0 radical (unpaired) electrons. The molecule has 8 heteroatoms. The lowest BCUT2D eigenvalue weighted by Gasteiger charge is -2.14. The molecule has 0 saturated carbocycles. The van der Waals surface area contributed by atoms with Gasteiger partial charge in [-0.3, -0.25) is 19.6 Å². The monoisotopic (exact) mass is 320 g/mol. The molecule has 1 heterocycles. The number of rotatable bonds is 4. The Kier molecular flexibility index (Phi) is 4.44. The quantitative estimate of drug-likeness (QED) is 0.692. The first kappa shape index (κ1) is 16.6. The lowest BCUT2D eigenvalue weighted by molar-refractivity contribution is -0.386. The molecule has 0 aliphatic rings. The maximum Gasteiger partial charge on any atom is 0.312 e. The molecule has 1 N–H and O–H groups in total. The summed E-state index contributed by atoms with van der Waals surface area (Å²) in [5.41, 5.74) is 1.23. The summed E-state index contributed by atoms with van der Waals surface area (Å²) in [5.74, 6) is -0.856. The van der Waals surface area contributed by atoms with Gasteiger partial charge in [-0.2, -0.15) is 5.10 Å². The summed E-state index contributed by atoms with van der Waals surface area (Å²) in [6.07, 6.45) is 0. The molecule has 122 valence electrons. The predicted molar refractivity (Wildman–Crippen MR) is 82.8 cm³/mol. The van der Waals surface area contributed by atoms with E-state index in [9.17, 15) is 19.3 Å². The zero-order chi connectivity index (χ0) is 17.3. The summed E-state index contributed by atoms with van der Waals surface area (Å²) in [5, 5.41) is 17.7. The third-order valence-electron chi connectivity index (χ3n) is 3.66. The van der Waals surface area contributed by atoms with Gasteiger partial charge in [0.1, 0.15) is 23.2 Å². The van der Waals surface area contributed by atoms with Gasteiger partial charge in [0.25, 0.3) is 0 Å². The van der Waals surface area contributed by atoms with Crippen molar-refractivity contribution in [2.24, 2.45) is 0 Å². The Balaban J connectivity index is 2.24. The van der Waals surface area contributed by atoms with Gasteiger partial charge < -0.3 is 5.32 Å². The first-order valence-corrected chi connectivity index (χ1v) is 6.99. The van der Waals surface area contributed by atoms with Crippen LogP contribution in [-0.4, -0.2) is 20.6 Å². The maximum absolute atomic E-state index is 13.5. The average molecular weight is 320 g/mol. The molecule has 0 aliphatic heterocycles. The standard InChI is InChI=1S/C15H17FN4O3/c1-8-5-6-12(7-13(8)16)17-15(21)11(4)19-10(3)14(20(22)23)9(2)18-19/h5-7,11H,1-4H3,(H,17,21). The Labute approximate surface area is 132 Å². The molecule has 0 fully saturated rings. The topological polar surface area (TPSA) is 90.1 Å². The number of carbonyl (C=O) groups excluding carboxylic acids is 1. The van der Waals surface area contributed by atoms with E-state index < -0.39 is 22.7 Å². The molecule has 1 aromatic carbocycles. The van der Waals surface area contributed by atoms with Crippen LogP contribution in [0.25, 0.3) is 0 Å². The van der Waals surface area contributed by atoms with Crippen LogP contribution in [0.5, 0.6) is 0 Å². The van der Waals surface area contributed by atoms with Gasteiger partial charge in [0, 0.05) is 5.69 Å². The van der Waals surface area contributed by atoms with Crippen molar-refractivity contribution in [3.05, 3.63) is 51.1 Å². The summed E-state index contributed by atoms with van der Waals surface area (Å²) in [4.78, 5) is 22.8. The van der Waals surface area contributed by atoms with E-state index in [0.717, 1.165) is 0 Å². The fourth-order valence-corrected chi connectivity index (χ4v) is 2.32. The Morgan fingerprint density at radius 1 is 1.39 bits per heavy atom. The Bertz CT molecular complexity index is 785. The van der Waals surface area contributed by atoms with Crippen LogP contribution in [-0.2, 0) is 4.79 Å². The Morgan fingerprint density at radius 2 is 2.04 bits per heavy atom. The van der Waals surface area contributed by atoms with Crippen LogP contribution in [0.15, 0.2) is 18.2 Å². The lowest BCUT2D eigenvalue weighted by Crippen LogP contribution is -2.25. The minimum absolute atomic E-state index is 0.106. The third-order valence-corrected chi connectivity index (χ3v) is 3.66. The molecule has 0 aliphatic carbocycles. The number of aromatic nitrogens is 2. The second-order valence-corrected chi connectivity index (χ2v) is 5.35. The number of aryl methyl sites for hydroxylation is 2. The molecule has 1 aromatic heterocycles. The first-order valence-electron chi connectivity index (χ1n) is 6.99.